The molecule has 0 spiro atoms. The predicted molar refractivity (Wildman–Crippen MR) is 73.0 cm³/mol. The summed E-state index contributed by atoms with van der Waals surface area (Å²) in [5.41, 5.74) is 5.61. The third kappa shape index (κ3) is 4.19. The second kappa shape index (κ2) is 6.36. The number of anilines is 1. The average molecular weight is 290 g/mol. The molecule has 0 aromatic carbocycles. The molecule has 110 valence electrons. The number of aliphatic hydroxyl groups excluding tert-OH is 1. The first-order valence-corrected chi connectivity index (χ1v) is 7.74. The van der Waals surface area contributed by atoms with Crippen LogP contribution in [-0.4, -0.2) is 36.0 Å². The minimum atomic E-state index is -3.76. The molecule has 1 heterocycles. The van der Waals surface area contributed by atoms with Crippen molar-refractivity contribution in [3.8, 4) is 0 Å². The van der Waals surface area contributed by atoms with Gasteiger partial charge in [0.25, 0.3) is 0 Å². The Balaban J connectivity index is 2.93. The van der Waals surface area contributed by atoms with Crippen LogP contribution in [0.15, 0.2) is 11.1 Å². The largest absolute Gasteiger partial charge is 0.395 e. The van der Waals surface area contributed by atoms with E-state index in [1.165, 1.54) is 10.9 Å². The molecule has 1 aromatic heterocycles. The zero-order valence-corrected chi connectivity index (χ0v) is 12.3. The molecule has 4 N–H and O–H groups in total. The zero-order valence-electron chi connectivity index (χ0n) is 11.5. The molecule has 0 saturated heterocycles. The summed E-state index contributed by atoms with van der Waals surface area (Å²) in [4.78, 5) is -0.0449. The number of aliphatic hydroxyl groups is 1. The third-order valence-corrected chi connectivity index (χ3v) is 4.20. The van der Waals surface area contributed by atoms with E-state index < -0.39 is 16.1 Å². The fourth-order valence-electron chi connectivity index (χ4n) is 1.80. The van der Waals surface area contributed by atoms with Crippen molar-refractivity contribution in [2.45, 2.75) is 44.7 Å². The third-order valence-electron chi connectivity index (χ3n) is 2.67. The highest BCUT2D eigenvalue weighted by atomic mass is 32.2. The molecular formula is C11H22N4O3S. The Labute approximate surface area is 113 Å². The first-order chi connectivity index (χ1) is 8.80. The summed E-state index contributed by atoms with van der Waals surface area (Å²) in [5.74, 6) is 0.242. The van der Waals surface area contributed by atoms with E-state index in [4.69, 9.17) is 5.73 Å². The van der Waals surface area contributed by atoms with Gasteiger partial charge in [-0.15, -0.1) is 0 Å². The van der Waals surface area contributed by atoms with Crippen LogP contribution in [0, 0.1) is 5.92 Å². The van der Waals surface area contributed by atoms with Gasteiger partial charge in [-0.1, -0.05) is 13.8 Å². The van der Waals surface area contributed by atoms with Crippen LogP contribution in [0.25, 0.3) is 0 Å². The fraction of sp³-hybridized carbons (Fsp3) is 0.727. The van der Waals surface area contributed by atoms with Gasteiger partial charge in [0.05, 0.1) is 6.61 Å². The number of nitrogens with zero attached hydrogens (tertiary/aromatic N) is 2. The standard InChI is InChI=1S/C11H22N4O3S/c1-4-15-6-10(11(12)13-15)19(17,18)14-9(7-16)5-8(2)3/h6,8-9,14,16H,4-5,7H2,1-3H3,(H2,12,13). The lowest BCUT2D eigenvalue weighted by Crippen LogP contribution is -2.38. The topological polar surface area (TPSA) is 110 Å². The minimum Gasteiger partial charge on any atom is -0.395 e. The van der Waals surface area contributed by atoms with Gasteiger partial charge in [-0.25, -0.2) is 13.1 Å². The van der Waals surface area contributed by atoms with Crippen LogP contribution < -0.4 is 10.5 Å². The van der Waals surface area contributed by atoms with E-state index in [0.717, 1.165) is 0 Å². The van der Waals surface area contributed by atoms with E-state index in [1.807, 2.05) is 20.8 Å². The number of nitrogen functional groups attached to an aromatic ring is 1. The smallest absolute Gasteiger partial charge is 0.246 e. The zero-order chi connectivity index (χ0) is 14.6. The molecule has 1 rings (SSSR count). The molecular weight excluding hydrogens is 268 g/mol. The monoisotopic (exact) mass is 290 g/mol. The number of nitrogens with two attached hydrogens (primary N) is 1. The van der Waals surface area contributed by atoms with Crippen molar-refractivity contribution < 1.29 is 13.5 Å². The Hall–Kier alpha value is -1.12. The summed E-state index contributed by atoms with van der Waals surface area (Å²) < 4.78 is 28.3. The maximum atomic E-state index is 12.2. The van der Waals surface area contributed by atoms with Crippen molar-refractivity contribution in [2.24, 2.45) is 5.92 Å². The van der Waals surface area contributed by atoms with E-state index in [2.05, 4.69) is 9.82 Å². The normalized spacial score (nSPS) is 13.9. The van der Waals surface area contributed by atoms with Crippen LogP contribution in [0.5, 0.6) is 0 Å². The van der Waals surface area contributed by atoms with Crippen LogP contribution in [0.2, 0.25) is 0 Å². The summed E-state index contributed by atoms with van der Waals surface area (Å²) in [7, 11) is -3.76. The summed E-state index contributed by atoms with van der Waals surface area (Å²) in [6, 6.07) is -0.519. The number of hydrogen-bond donors (Lipinski definition) is 3. The Morgan fingerprint density at radius 2 is 2.16 bits per heavy atom. The van der Waals surface area contributed by atoms with Crippen LogP contribution in [0.3, 0.4) is 0 Å². The van der Waals surface area contributed by atoms with E-state index in [-0.39, 0.29) is 23.2 Å². The van der Waals surface area contributed by atoms with Crippen LogP contribution in [0.4, 0.5) is 5.82 Å². The van der Waals surface area contributed by atoms with Gasteiger partial charge in [0.15, 0.2) is 5.82 Å². The molecule has 0 aliphatic rings. The van der Waals surface area contributed by atoms with Crippen molar-refractivity contribution >= 4 is 15.8 Å². The van der Waals surface area contributed by atoms with Gasteiger partial charge in [0.1, 0.15) is 4.90 Å². The number of hydrogen-bond acceptors (Lipinski definition) is 5. The van der Waals surface area contributed by atoms with Crippen molar-refractivity contribution in [1.82, 2.24) is 14.5 Å². The van der Waals surface area contributed by atoms with Gasteiger partial charge in [0.2, 0.25) is 10.0 Å². The Morgan fingerprint density at radius 3 is 2.58 bits per heavy atom. The lowest BCUT2D eigenvalue weighted by Gasteiger charge is -2.17. The maximum absolute atomic E-state index is 12.2. The lowest BCUT2D eigenvalue weighted by atomic mass is 10.1. The number of aryl methyl sites for hydroxylation is 1. The second-order valence-electron chi connectivity index (χ2n) is 4.86. The van der Waals surface area contributed by atoms with Crippen LogP contribution in [-0.2, 0) is 16.6 Å². The van der Waals surface area contributed by atoms with Gasteiger partial charge in [-0.05, 0) is 19.3 Å². The first kappa shape index (κ1) is 15.9. The SMILES string of the molecule is CCn1cc(S(=O)(=O)NC(CO)CC(C)C)c(N)n1. The van der Waals surface area contributed by atoms with Crippen molar-refractivity contribution in [1.29, 1.82) is 0 Å². The lowest BCUT2D eigenvalue weighted by molar-refractivity contribution is 0.240. The highest BCUT2D eigenvalue weighted by Crippen LogP contribution is 2.17. The average Bonchev–Trinajstić information content (AvgIpc) is 2.69. The fourth-order valence-corrected chi connectivity index (χ4v) is 3.11. The van der Waals surface area contributed by atoms with E-state index >= 15 is 0 Å². The molecule has 0 aliphatic carbocycles. The number of nitrogens with one attached hydrogen (secondary N) is 1. The Morgan fingerprint density at radius 1 is 1.53 bits per heavy atom. The van der Waals surface area contributed by atoms with Crippen molar-refractivity contribution in [3.05, 3.63) is 6.20 Å². The summed E-state index contributed by atoms with van der Waals surface area (Å²) >= 11 is 0. The predicted octanol–water partition coefficient (Wildman–Crippen LogP) is 0.171. The molecule has 7 nitrogen and oxygen atoms in total. The molecule has 0 aliphatic heterocycles. The molecule has 8 heteroatoms. The molecule has 0 amide bonds. The summed E-state index contributed by atoms with van der Waals surface area (Å²) in [6.45, 7) is 6.04. The Bertz CT molecular complexity index is 510. The van der Waals surface area contributed by atoms with E-state index in [1.54, 1.807) is 0 Å². The van der Waals surface area contributed by atoms with Crippen LogP contribution in [0.1, 0.15) is 27.2 Å². The molecule has 0 saturated carbocycles. The van der Waals surface area contributed by atoms with Gasteiger partial charge in [0, 0.05) is 18.8 Å². The highest BCUT2D eigenvalue weighted by molar-refractivity contribution is 7.89. The van der Waals surface area contributed by atoms with Crippen molar-refractivity contribution in [2.75, 3.05) is 12.3 Å². The molecule has 0 bridgehead atoms. The van der Waals surface area contributed by atoms with Gasteiger partial charge >= 0.3 is 0 Å². The molecule has 1 aromatic rings. The highest BCUT2D eigenvalue weighted by Gasteiger charge is 2.24. The molecule has 1 unspecified atom stereocenters. The first-order valence-electron chi connectivity index (χ1n) is 6.26. The second-order valence-corrected chi connectivity index (χ2v) is 6.55. The van der Waals surface area contributed by atoms with E-state index in [9.17, 15) is 13.5 Å². The summed E-state index contributed by atoms with van der Waals surface area (Å²) in [5, 5.41) is 13.1. The van der Waals surface area contributed by atoms with Gasteiger partial charge in [-0.2, -0.15) is 5.10 Å². The summed E-state index contributed by atoms with van der Waals surface area (Å²) in [6.07, 6.45) is 1.94. The molecule has 0 fully saturated rings. The van der Waals surface area contributed by atoms with E-state index in [0.29, 0.717) is 13.0 Å². The number of sulfonamides is 1. The maximum Gasteiger partial charge on any atom is 0.246 e. The van der Waals surface area contributed by atoms with Gasteiger partial charge in [-0.3, -0.25) is 4.68 Å². The minimum absolute atomic E-state index is 0.0319. The molecule has 0 radical (unpaired) electrons. The Kier molecular flexibility index (Phi) is 5.33. The van der Waals surface area contributed by atoms with Crippen molar-refractivity contribution in [3.63, 3.8) is 0 Å². The van der Waals surface area contributed by atoms with Gasteiger partial charge < -0.3 is 10.8 Å². The molecule has 19 heavy (non-hydrogen) atoms. The number of rotatable bonds is 7. The van der Waals surface area contributed by atoms with Crippen LogP contribution >= 0.6 is 0 Å². The number of aromatic nitrogens is 2. The molecule has 1 atom stereocenters. The quantitative estimate of drug-likeness (QED) is 0.663.